The van der Waals surface area contributed by atoms with Crippen LogP contribution in [0.3, 0.4) is 0 Å². The second kappa shape index (κ2) is 6.24. The summed E-state index contributed by atoms with van der Waals surface area (Å²) in [7, 11) is 0. The zero-order valence-corrected chi connectivity index (χ0v) is 13.4. The first-order valence-corrected chi connectivity index (χ1v) is 8.16. The number of pyridine rings is 1. The molecule has 0 aromatic carbocycles. The summed E-state index contributed by atoms with van der Waals surface area (Å²) in [4.78, 5) is 18.7. The minimum absolute atomic E-state index is 0.00892. The van der Waals surface area contributed by atoms with Gasteiger partial charge in [0.15, 0.2) is 0 Å². The first kappa shape index (κ1) is 15.1. The van der Waals surface area contributed by atoms with Gasteiger partial charge in [0.25, 0.3) is 5.91 Å². The van der Waals surface area contributed by atoms with E-state index in [4.69, 9.17) is 14.0 Å². The molecule has 7 heteroatoms. The van der Waals surface area contributed by atoms with Crippen molar-refractivity contribution in [2.45, 2.75) is 38.0 Å². The monoisotopic (exact) mass is 329 g/mol. The van der Waals surface area contributed by atoms with Crippen molar-refractivity contribution in [3.63, 3.8) is 0 Å². The van der Waals surface area contributed by atoms with E-state index >= 15 is 0 Å². The topological polar surface area (TPSA) is 77.7 Å². The number of likely N-dealkylation sites (tertiary alicyclic amines) is 1. The molecule has 7 nitrogen and oxygen atoms in total. The van der Waals surface area contributed by atoms with E-state index in [0.717, 1.165) is 6.42 Å². The van der Waals surface area contributed by atoms with Crippen LogP contribution in [0, 0.1) is 6.92 Å². The van der Waals surface area contributed by atoms with Crippen molar-refractivity contribution < 1.29 is 18.8 Å². The van der Waals surface area contributed by atoms with Gasteiger partial charge in [-0.15, -0.1) is 0 Å². The number of aryl methyl sites for hydroxylation is 1. The SMILES string of the molecule is Cc1cc(C(=O)N2CC[C@@H](Oc3ccccn3)[C@H]3OCC[C@@H]32)on1. The molecule has 0 bridgehead atoms. The van der Waals surface area contributed by atoms with Crippen LogP contribution in [0.4, 0.5) is 0 Å². The van der Waals surface area contributed by atoms with Gasteiger partial charge >= 0.3 is 0 Å². The molecule has 2 aliphatic heterocycles. The fourth-order valence-electron chi connectivity index (χ4n) is 3.44. The molecule has 4 heterocycles. The third-order valence-electron chi connectivity index (χ3n) is 4.53. The summed E-state index contributed by atoms with van der Waals surface area (Å²) in [5.74, 6) is 0.733. The summed E-state index contributed by atoms with van der Waals surface area (Å²) < 4.78 is 17.0. The highest BCUT2D eigenvalue weighted by atomic mass is 16.6. The van der Waals surface area contributed by atoms with Crippen molar-refractivity contribution in [3.05, 3.63) is 41.9 Å². The largest absolute Gasteiger partial charge is 0.471 e. The molecule has 0 radical (unpaired) electrons. The zero-order chi connectivity index (χ0) is 16.5. The highest BCUT2D eigenvalue weighted by Crippen LogP contribution is 2.32. The Kier molecular flexibility index (Phi) is 3.93. The first-order valence-electron chi connectivity index (χ1n) is 8.16. The van der Waals surface area contributed by atoms with Crippen molar-refractivity contribution in [2.75, 3.05) is 13.2 Å². The third-order valence-corrected chi connectivity index (χ3v) is 4.53. The van der Waals surface area contributed by atoms with Gasteiger partial charge in [-0.3, -0.25) is 4.79 Å². The average molecular weight is 329 g/mol. The Labute approximate surface area is 139 Å². The highest BCUT2D eigenvalue weighted by Gasteiger charge is 2.46. The number of hydrogen-bond donors (Lipinski definition) is 0. The van der Waals surface area contributed by atoms with E-state index in [0.29, 0.717) is 31.1 Å². The molecule has 0 aliphatic carbocycles. The molecule has 2 aliphatic rings. The summed E-state index contributed by atoms with van der Waals surface area (Å²) in [5.41, 5.74) is 0.700. The number of rotatable bonds is 3. The number of hydrogen-bond acceptors (Lipinski definition) is 6. The number of piperidine rings is 1. The summed E-state index contributed by atoms with van der Waals surface area (Å²) in [6.07, 6.45) is 2.94. The number of nitrogens with zero attached hydrogens (tertiary/aromatic N) is 3. The molecule has 2 aromatic rings. The number of fused-ring (bicyclic) bond motifs is 1. The van der Waals surface area contributed by atoms with Gasteiger partial charge in [0.2, 0.25) is 11.6 Å². The molecule has 2 aromatic heterocycles. The fourth-order valence-corrected chi connectivity index (χ4v) is 3.44. The van der Waals surface area contributed by atoms with Crippen LogP contribution >= 0.6 is 0 Å². The van der Waals surface area contributed by atoms with Crippen molar-refractivity contribution in [1.82, 2.24) is 15.0 Å². The number of carbonyl (C=O) groups is 1. The van der Waals surface area contributed by atoms with Crippen LogP contribution in [0.2, 0.25) is 0 Å². The molecule has 4 rings (SSSR count). The zero-order valence-electron chi connectivity index (χ0n) is 13.4. The number of aromatic nitrogens is 2. The summed E-state index contributed by atoms with van der Waals surface area (Å²) >= 11 is 0. The summed E-state index contributed by atoms with van der Waals surface area (Å²) in [6, 6.07) is 7.23. The Morgan fingerprint density at radius 1 is 1.38 bits per heavy atom. The lowest BCUT2D eigenvalue weighted by molar-refractivity contribution is -0.0483. The van der Waals surface area contributed by atoms with E-state index in [1.807, 2.05) is 23.1 Å². The second-order valence-corrected chi connectivity index (χ2v) is 6.14. The Morgan fingerprint density at radius 3 is 3.04 bits per heavy atom. The standard InChI is InChI=1S/C17H19N3O4/c1-11-10-14(24-19-11)17(21)20-8-5-13(16-12(20)6-9-22-16)23-15-4-2-3-7-18-15/h2-4,7,10,12-13,16H,5-6,8-9H2,1H3/t12-,13+,16-/m0/s1. The number of carbonyl (C=O) groups excluding carboxylic acids is 1. The maximum Gasteiger partial charge on any atom is 0.292 e. The lowest BCUT2D eigenvalue weighted by atomic mass is 9.95. The molecule has 1 amide bonds. The van der Waals surface area contributed by atoms with Gasteiger partial charge in [0, 0.05) is 37.9 Å². The molecule has 2 saturated heterocycles. The van der Waals surface area contributed by atoms with Crippen LogP contribution in [0.15, 0.2) is 35.0 Å². The Morgan fingerprint density at radius 2 is 2.29 bits per heavy atom. The molecule has 0 saturated carbocycles. The molecule has 0 N–H and O–H groups in total. The van der Waals surface area contributed by atoms with Crippen molar-refractivity contribution in [1.29, 1.82) is 0 Å². The van der Waals surface area contributed by atoms with Gasteiger partial charge in [-0.05, 0) is 19.4 Å². The molecule has 126 valence electrons. The molecule has 0 spiro atoms. The molecular formula is C17H19N3O4. The summed E-state index contributed by atoms with van der Waals surface area (Å²) in [6.45, 7) is 3.02. The van der Waals surface area contributed by atoms with Crippen molar-refractivity contribution >= 4 is 5.91 Å². The van der Waals surface area contributed by atoms with Crippen molar-refractivity contribution in [3.8, 4) is 5.88 Å². The molecular weight excluding hydrogens is 310 g/mol. The van der Waals surface area contributed by atoms with Crippen LogP contribution in [-0.4, -0.2) is 52.3 Å². The predicted octanol–water partition coefficient (Wildman–Crippen LogP) is 1.83. The third kappa shape index (κ3) is 2.75. The first-order chi connectivity index (χ1) is 11.7. The lowest BCUT2D eigenvalue weighted by Crippen LogP contribution is -2.56. The van der Waals surface area contributed by atoms with Crippen LogP contribution < -0.4 is 4.74 Å². The Balaban J connectivity index is 1.50. The molecule has 2 fully saturated rings. The average Bonchev–Trinajstić information content (AvgIpc) is 3.25. The predicted molar refractivity (Wildman–Crippen MR) is 83.7 cm³/mol. The van der Waals surface area contributed by atoms with Crippen LogP contribution in [0.25, 0.3) is 0 Å². The van der Waals surface area contributed by atoms with E-state index in [9.17, 15) is 4.79 Å². The van der Waals surface area contributed by atoms with Gasteiger partial charge in [0.05, 0.1) is 11.7 Å². The summed E-state index contributed by atoms with van der Waals surface area (Å²) in [5, 5.41) is 3.80. The smallest absolute Gasteiger partial charge is 0.292 e. The minimum atomic E-state index is -0.145. The molecule has 24 heavy (non-hydrogen) atoms. The number of amides is 1. The highest BCUT2D eigenvalue weighted by molar-refractivity contribution is 5.91. The maximum absolute atomic E-state index is 12.7. The Bertz CT molecular complexity index is 718. The van der Waals surface area contributed by atoms with Gasteiger partial charge in [-0.2, -0.15) is 0 Å². The fraction of sp³-hybridized carbons (Fsp3) is 0.471. The quantitative estimate of drug-likeness (QED) is 0.855. The molecule has 3 atom stereocenters. The van der Waals surface area contributed by atoms with Gasteiger partial charge < -0.3 is 18.9 Å². The number of ether oxygens (including phenoxy) is 2. The van der Waals surface area contributed by atoms with Gasteiger partial charge in [-0.25, -0.2) is 4.98 Å². The van der Waals surface area contributed by atoms with Crippen LogP contribution in [0.5, 0.6) is 5.88 Å². The minimum Gasteiger partial charge on any atom is -0.471 e. The van der Waals surface area contributed by atoms with Crippen molar-refractivity contribution in [2.24, 2.45) is 0 Å². The second-order valence-electron chi connectivity index (χ2n) is 6.14. The van der Waals surface area contributed by atoms with Gasteiger partial charge in [-0.1, -0.05) is 11.2 Å². The lowest BCUT2D eigenvalue weighted by Gasteiger charge is -2.40. The molecule has 0 unspecified atom stereocenters. The van der Waals surface area contributed by atoms with Gasteiger partial charge in [0.1, 0.15) is 12.2 Å². The Hall–Kier alpha value is -2.41. The van der Waals surface area contributed by atoms with E-state index in [1.54, 1.807) is 19.2 Å². The van der Waals surface area contributed by atoms with E-state index in [1.165, 1.54) is 0 Å². The van der Waals surface area contributed by atoms with Crippen LogP contribution in [-0.2, 0) is 4.74 Å². The van der Waals surface area contributed by atoms with E-state index < -0.39 is 0 Å². The normalized spacial score (nSPS) is 26.2. The van der Waals surface area contributed by atoms with E-state index in [2.05, 4.69) is 10.1 Å². The van der Waals surface area contributed by atoms with E-state index in [-0.39, 0.29) is 29.9 Å². The maximum atomic E-state index is 12.7. The van der Waals surface area contributed by atoms with Crippen LogP contribution in [0.1, 0.15) is 29.1 Å².